The van der Waals surface area contributed by atoms with Crippen LogP contribution in [0.1, 0.15) is 29.7 Å². The second kappa shape index (κ2) is 7.97. The second-order valence-electron chi connectivity index (χ2n) is 5.69. The Morgan fingerprint density at radius 3 is 2.78 bits per heavy atom. The van der Waals surface area contributed by atoms with Gasteiger partial charge in [0.05, 0.1) is 6.54 Å². The topological polar surface area (TPSA) is 57.3 Å². The fraction of sp³-hybridized carbons (Fsp3) is 0.412. The third kappa shape index (κ3) is 4.69. The van der Waals surface area contributed by atoms with Crippen LogP contribution in [0.25, 0.3) is 0 Å². The Labute approximate surface area is 140 Å². The second-order valence-corrected chi connectivity index (χ2v) is 6.72. The average molecular weight is 330 g/mol. The Hall–Kier alpha value is -2.08. The van der Waals surface area contributed by atoms with E-state index in [2.05, 4.69) is 26.6 Å². The van der Waals surface area contributed by atoms with Crippen molar-refractivity contribution >= 4 is 23.2 Å². The van der Waals surface area contributed by atoms with Gasteiger partial charge in [-0.1, -0.05) is 6.07 Å². The van der Waals surface area contributed by atoms with Crippen molar-refractivity contribution in [3.63, 3.8) is 0 Å². The van der Waals surface area contributed by atoms with Crippen LogP contribution in [-0.2, 0) is 13.1 Å². The molecule has 6 heteroatoms. The number of hydrogen-bond donors (Lipinski definition) is 2. The van der Waals surface area contributed by atoms with E-state index in [1.165, 1.54) is 19.3 Å². The van der Waals surface area contributed by atoms with Gasteiger partial charge >= 0.3 is 6.03 Å². The highest BCUT2D eigenvalue weighted by Crippen LogP contribution is 2.18. The molecular formula is C17H22N4OS. The van der Waals surface area contributed by atoms with Gasteiger partial charge in [-0.05, 0) is 48.4 Å². The van der Waals surface area contributed by atoms with E-state index in [4.69, 9.17) is 0 Å². The molecule has 0 aromatic carbocycles. The van der Waals surface area contributed by atoms with Crippen molar-refractivity contribution in [3.8, 4) is 0 Å². The maximum Gasteiger partial charge on any atom is 0.315 e. The normalized spacial score (nSPS) is 14.5. The van der Waals surface area contributed by atoms with Gasteiger partial charge in [0, 0.05) is 30.7 Å². The third-order valence-electron chi connectivity index (χ3n) is 3.95. The van der Waals surface area contributed by atoms with Gasteiger partial charge in [0.25, 0.3) is 0 Å². The fourth-order valence-electron chi connectivity index (χ4n) is 2.69. The lowest BCUT2D eigenvalue weighted by Gasteiger charge is -2.27. The molecule has 23 heavy (non-hydrogen) atoms. The molecule has 1 saturated heterocycles. The highest BCUT2D eigenvalue weighted by molar-refractivity contribution is 7.09. The summed E-state index contributed by atoms with van der Waals surface area (Å²) >= 11 is 1.64. The summed E-state index contributed by atoms with van der Waals surface area (Å²) in [5.74, 6) is 1.02. The van der Waals surface area contributed by atoms with E-state index >= 15 is 0 Å². The van der Waals surface area contributed by atoms with Crippen LogP contribution >= 0.6 is 11.3 Å². The van der Waals surface area contributed by atoms with Crippen LogP contribution in [0.15, 0.2) is 35.8 Å². The van der Waals surface area contributed by atoms with E-state index in [0.717, 1.165) is 29.3 Å². The number of thiophene rings is 1. The van der Waals surface area contributed by atoms with Crippen LogP contribution in [0.4, 0.5) is 10.6 Å². The van der Waals surface area contributed by atoms with Gasteiger partial charge in [0.1, 0.15) is 5.82 Å². The van der Waals surface area contributed by atoms with Gasteiger partial charge in [0.2, 0.25) is 0 Å². The first-order chi connectivity index (χ1) is 11.3. The molecule has 0 bridgehead atoms. The van der Waals surface area contributed by atoms with Gasteiger partial charge in [-0.2, -0.15) is 0 Å². The zero-order valence-electron chi connectivity index (χ0n) is 13.1. The highest BCUT2D eigenvalue weighted by Gasteiger charge is 2.12. The quantitative estimate of drug-likeness (QED) is 0.885. The molecule has 0 unspecified atom stereocenters. The van der Waals surface area contributed by atoms with Gasteiger partial charge in [-0.3, -0.25) is 0 Å². The Bertz CT molecular complexity index is 623. The van der Waals surface area contributed by atoms with E-state index in [0.29, 0.717) is 13.1 Å². The van der Waals surface area contributed by atoms with E-state index in [-0.39, 0.29) is 6.03 Å². The first-order valence-corrected chi connectivity index (χ1v) is 8.93. The molecule has 5 nitrogen and oxygen atoms in total. The maximum absolute atomic E-state index is 11.9. The monoisotopic (exact) mass is 330 g/mol. The van der Waals surface area contributed by atoms with Crippen LogP contribution in [0.2, 0.25) is 0 Å². The molecule has 2 amide bonds. The SMILES string of the molecule is O=C(NCc1ccnc(N2CCCCC2)c1)NCc1cccs1. The molecule has 1 fully saturated rings. The zero-order chi connectivity index (χ0) is 15.9. The number of aromatic nitrogens is 1. The van der Waals surface area contributed by atoms with Crippen LogP contribution < -0.4 is 15.5 Å². The summed E-state index contributed by atoms with van der Waals surface area (Å²) in [5.41, 5.74) is 1.08. The summed E-state index contributed by atoms with van der Waals surface area (Å²) in [6, 6.07) is 7.88. The molecule has 2 aromatic heterocycles. The van der Waals surface area contributed by atoms with Crippen LogP contribution in [-0.4, -0.2) is 24.1 Å². The van der Waals surface area contributed by atoms with Gasteiger partial charge < -0.3 is 15.5 Å². The summed E-state index contributed by atoms with van der Waals surface area (Å²) in [4.78, 5) is 19.8. The molecule has 2 N–H and O–H groups in total. The molecular weight excluding hydrogens is 308 g/mol. The largest absolute Gasteiger partial charge is 0.357 e. The summed E-state index contributed by atoms with van der Waals surface area (Å²) in [6.07, 6.45) is 5.59. The van der Waals surface area contributed by atoms with Crippen molar-refractivity contribution in [1.82, 2.24) is 15.6 Å². The minimum atomic E-state index is -0.144. The van der Waals surface area contributed by atoms with E-state index in [1.54, 1.807) is 11.3 Å². The smallest absolute Gasteiger partial charge is 0.315 e. The number of hydrogen-bond acceptors (Lipinski definition) is 4. The van der Waals surface area contributed by atoms with Gasteiger partial charge in [-0.25, -0.2) is 9.78 Å². The molecule has 0 radical (unpaired) electrons. The molecule has 0 saturated carbocycles. The lowest BCUT2D eigenvalue weighted by Crippen LogP contribution is -2.34. The predicted octanol–water partition coefficient (Wildman–Crippen LogP) is 3.13. The summed E-state index contributed by atoms with van der Waals surface area (Å²) in [7, 11) is 0. The van der Waals surface area contributed by atoms with Gasteiger partial charge in [-0.15, -0.1) is 11.3 Å². The van der Waals surface area contributed by atoms with E-state index in [1.807, 2.05) is 29.8 Å². The molecule has 1 aliphatic rings. The number of carbonyl (C=O) groups excluding carboxylic acids is 1. The average Bonchev–Trinajstić information content (AvgIpc) is 3.13. The van der Waals surface area contributed by atoms with E-state index in [9.17, 15) is 4.79 Å². The first kappa shape index (κ1) is 15.8. The number of urea groups is 1. The fourth-order valence-corrected chi connectivity index (χ4v) is 3.34. The van der Waals surface area contributed by atoms with Crippen molar-refractivity contribution in [3.05, 3.63) is 46.3 Å². The Balaban J connectivity index is 1.48. The third-order valence-corrected chi connectivity index (χ3v) is 4.82. The molecule has 0 atom stereocenters. The number of anilines is 1. The van der Waals surface area contributed by atoms with Crippen molar-refractivity contribution in [2.75, 3.05) is 18.0 Å². The first-order valence-electron chi connectivity index (χ1n) is 8.05. The minimum Gasteiger partial charge on any atom is -0.357 e. The molecule has 3 rings (SSSR count). The van der Waals surface area contributed by atoms with Crippen LogP contribution in [0.5, 0.6) is 0 Å². The number of amides is 2. The number of piperidine rings is 1. The standard InChI is InChI=1S/C17H22N4OS/c22-17(20-13-15-5-4-10-23-15)19-12-14-6-7-18-16(11-14)21-8-2-1-3-9-21/h4-7,10-11H,1-3,8-9,12-13H2,(H2,19,20,22). The van der Waals surface area contributed by atoms with Crippen molar-refractivity contribution in [2.45, 2.75) is 32.4 Å². The molecule has 0 spiro atoms. The Kier molecular flexibility index (Phi) is 5.47. The van der Waals surface area contributed by atoms with Crippen LogP contribution in [0, 0.1) is 0 Å². The summed E-state index contributed by atoms with van der Waals surface area (Å²) < 4.78 is 0. The molecule has 3 heterocycles. The number of carbonyl (C=O) groups is 1. The van der Waals surface area contributed by atoms with E-state index < -0.39 is 0 Å². The molecule has 122 valence electrons. The van der Waals surface area contributed by atoms with Gasteiger partial charge in [0.15, 0.2) is 0 Å². The summed E-state index contributed by atoms with van der Waals surface area (Å²) in [6.45, 7) is 3.23. The molecule has 0 aliphatic carbocycles. The van der Waals surface area contributed by atoms with Crippen LogP contribution in [0.3, 0.4) is 0 Å². The molecule has 2 aromatic rings. The number of nitrogens with one attached hydrogen (secondary N) is 2. The van der Waals surface area contributed by atoms with Crippen molar-refractivity contribution in [1.29, 1.82) is 0 Å². The number of rotatable bonds is 5. The predicted molar refractivity (Wildman–Crippen MR) is 93.7 cm³/mol. The zero-order valence-corrected chi connectivity index (χ0v) is 13.9. The van der Waals surface area contributed by atoms with Crippen molar-refractivity contribution in [2.24, 2.45) is 0 Å². The summed E-state index contributed by atoms with van der Waals surface area (Å²) in [5, 5.41) is 7.78. The lowest BCUT2D eigenvalue weighted by atomic mass is 10.1. The Morgan fingerprint density at radius 2 is 2.00 bits per heavy atom. The highest BCUT2D eigenvalue weighted by atomic mass is 32.1. The van der Waals surface area contributed by atoms with Crippen molar-refractivity contribution < 1.29 is 4.79 Å². The lowest BCUT2D eigenvalue weighted by molar-refractivity contribution is 0.240. The number of pyridine rings is 1. The maximum atomic E-state index is 11.9. The molecule has 1 aliphatic heterocycles. The number of nitrogens with zero attached hydrogens (tertiary/aromatic N) is 2. The minimum absolute atomic E-state index is 0.144. The Morgan fingerprint density at radius 1 is 1.17 bits per heavy atom.